The van der Waals surface area contributed by atoms with E-state index in [2.05, 4.69) is 11.6 Å². The van der Waals surface area contributed by atoms with Crippen LogP contribution in [0.2, 0.25) is 0 Å². The normalized spacial score (nSPS) is 17.2. The van der Waals surface area contributed by atoms with Gasteiger partial charge < -0.3 is 0 Å². The molecule has 0 saturated carbocycles. The summed E-state index contributed by atoms with van der Waals surface area (Å²) >= 11 is 6.02. The van der Waals surface area contributed by atoms with Gasteiger partial charge in [-0.25, -0.2) is 0 Å². The van der Waals surface area contributed by atoms with Gasteiger partial charge in [0.2, 0.25) is 0 Å². The highest BCUT2D eigenvalue weighted by molar-refractivity contribution is 6.32. The summed E-state index contributed by atoms with van der Waals surface area (Å²) in [5.41, 5.74) is 1.08. The highest BCUT2D eigenvalue weighted by atomic mass is 35.5. The van der Waals surface area contributed by atoms with E-state index in [9.17, 15) is 0 Å². The van der Waals surface area contributed by atoms with Crippen LogP contribution in [0.4, 0.5) is 0 Å². The summed E-state index contributed by atoms with van der Waals surface area (Å²) in [6.07, 6.45) is 2.52. The molecule has 1 unspecified atom stereocenters. The van der Waals surface area contributed by atoms with Crippen LogP contribution >= 0.6 is 11.6 Å². The first-order valence-electron chi connectivity index (χ1n) is 3.24. The number of halogens is 1. The van der Waals surface area contributed by atoms with Gasteiger partial charge in [0.1, 0.15) is 0 Å². The molecule has 2 heteroatoms. The highest BCUT2D eigenvalue weighted by Gasteiger charge is 2.16. The summed E-state index contributed by atoms with van der Waals surface area (Å²) in [5, 5.41) is 0. The number of rotatable bonds is 3. The van der Waals surface area contributed by atoms with Gasteiger partial charge in [0.15, 0.2) is 0 Å². The second kappa shape index (κ2) is 3.77. The van der Waals surface area contributed by atoms with Gasteiger partial charge in [-0.05, 0) is 20.3 Å². The van der Waals surface area contributed by atoms with Crippen LogP contribution in [0.5, 0.6) is 0 Å². The molecule has 0 aliphatic heterocycles. The van der Waals surface area contributed by atoms with Crippen molar-refractivity contribution in [3.63, 3.8) is 0 Å². The molecule has 58 valence electrons. The van der Waals surface area contributed by atoms with Crippen LogP contribution < -0.4 is 0 Å². The van der Waals surface area contributed by atoms with E-state index in [1.165, 1.54) is 0 Å². The van der Waals surface area contributed by atoms with Crippen molar-refractivity contribution in [2.75, 3.05) is 7.05 Å². The molecule has 0 fully saturated rings. The summed E-state index contributed by atoms with van der Waals surface area (Å²) in [7, 11) is 1.72. The minimum absolute atomic E-state index is 0.347. The van der Waals surface area contributed by atoms with Crippen LogP contribution in [0.1, 0.15) is 20.3 Å². The molecule has 0 N–H and O–H groups in total. The monoisotopic (exact) mass is 159 g/mol. The molecule has 0 heterocycles. The van der Waals surface area contributed by atoms with Crippen molar-refractivity contribution in [1.29, 1.82) is 0 Å². The summed E-state index contributed by atoms with van der Waals surface area (Å²) in [4.78, 5) is 3.52. The van der Waals surface area contributed by atoms with Crippen LogP contribution in [-0.2, 0) is 0 Å². The van der Waals surface area contributed by atoms with Crippen molar-refractivity contribution in [1.82, 2.24) is 0 Å². The van der Waals surface area contributed by atoms with Crippen LogP contribution in [0, 0.1) is 0 Å². The van der Waals surface area contributed by atoms with Crippen molar-refractivity contribution < 1.29 is 0 Å². The Morgan fingerprint density at radius 3 is 2.60 bits per heavy atom. The molecular formula is C8H14ClN. The minimum atomic E-state index is -0.347. The van der Waals surface area contributed by atoms with Gasteiger partial charge in [-0.3, -0.25) is 4.99 Å². The van der Waals surface area contributed by atoms with Gasteiger partial charge in [-0.2, -0.15) is 0 Å². The Hall–Kier alpha value is -0.300. The number of hydrogen-bond donors (Lipinski definition) is 0. The minimum Gasteiger partial charge on any atom is -0.299 e. The largest absolute Gasteiger partial charge is 0.299 e. The Labute approximate surface area is 67.8 Å². The van der Waals surface area contributed by atoms with E-state index in [-0.39, 0.29) is 4.87 Å². The number of aliphatic imine (C=N–C) groups is 1. The van der Waals surface area contributed by atoms with Gasteiger partial charge in [0, 0.05) is 13.3 Å². The number of allylic oxidation sites excluding steroid dienone is 1. The fourth-order valence-corrected chi connectivity index (χ4v) is 1.23. The highest BCUT2D eigenvalue weighted by Crippen LogP contribution is 2.20. The number of hydrogen-bond acceptors (Lipinski definition) is 1. The standard InChI is InChI=1S/C8H14ClN/c1-7(2)5-8(3,9)6-10-4/h6H,1,5H2,2-4H3/b10-6-. The molecule has 0 spiro atoms. The van der Waals surface area contributed by atoms with Gasteiger partial charge in [-0.15, -0.1) is 18.2 Å². The fraction of sp³-hybridized carbons (Fsp3) is 0.625. The predicted octanol–water partition coefficient (Wildman–Crippen LogP) is 2.65. The molecule has 1 nitrogen and oxygen atoms in total. The molecule has 0 aliphatic carbocycles. The lowest BCUT2D eigenvalue weighted by Crippen LogP contribution is -2.18. The average molecular weight is 160 g/mol. The molecule has 0 aliphatic rings. The van der Waals surface area contributed by atoms with E-state index in [0.29, 0.717) is 0 Å². The molecule has 0 amide bonds. The molecule has 1 atom stereocenters. The molecule has 0 bridgehead atoms. The SMILES string of the molecule is C=C(C)CC(C)(Cl)/C=N\C. The van der Waals surface area contributed by atoms with Crippen LogP contribution in [0.25, 0.3) is 0 Å². The molecule has 0 aromatic carbocycles. The molecular weight excluding hydrogens is 146 g/mol. The van der Waals surface area contributed by atoms with Crippen molar-refractivity contribution in [3.8, 4) is 0 Å². The summed E-state index contributed by atoms with van der Waals surface area (Å²) < 4.78 is 0. The maximum atomic E-state index is 6.02. The fourth-order valence-electron chi connectivity index (χ4n) is 0.905. The Morgan fingerprint density at radius 1 is 1.80 bits per heavy atom. The Kier molecular flexibility index (Phi) is 3.66. The second-order valence-corrected chi connectivity index (χ2v) is 3.66. The first-order valence-corrected chi connectivity index (χ1v) is 3.62. The van der Waals surface area contributed by atoms with Gasteiger partial charge in [0.25, 0.3) is 0 Å². The first-order chi connectivity index (χ1) is 4.48. The van der Waals surface area contributed by atoms with Crippen LogP contribution in [0.3, 0.4) is 0 Å². The van der Waals surface area contributed by atoms with E-state index in [1.54, 1.807) is 13.3 Å². The molecule has 0 saturated heterocycles. The third kappa shape index (κ3) is 4.57. The average Bonchev–Trinajstić information content (AvgIpc) is 1.59. The number of nitrogens with zero attached hydrogens (tertiary/aromatic N) is 1. The Balaban J connectivity index is 3.99. The maximum Gasteiger partial charge on any atom is 0.0800 e. The van der Waals surface area contributed by atoms with Crippen LogP contribution in [0.15, 0.2) is 17.1 Å². The molecule has 10 heavy (non-hydrogen) atoms. The third-order valence-electron chi connectivity index (χ3n) is 1.05. The topological polar surface area (TPSA) is 12.4 Å². The zero-order valence-corrected chi connectivity index (χ0v) is 7.57. The summed E-state index contributed by atoms with van der Waals surface area (Å²) in [6, 6.07) is 0. The van der Waals surface area contributed by atoms with Gasteiger partial charge in [-0.1, -0.05) is 5.57 Å². The Bertz CT molecular complexity index is 147. The van der Waals surface area contributed by atoms with E-state index >= 15 is 0 Å². The molecule has 0 aromatic heterocycles. The van der Waals surface area contributed by atoms with E-state index in [4.69, 9.17) is 11.6 Å². The zero-order valence-electron chi connectivity index (χ0n) is 6.82. The lowest BCUT2D eigenvalue weighted by atomic mass is 10.0. The summed E-state index contributed by atoms with van der Waals surface area (Å²) in [6.45, 7) is 7.67. The molecule has 0 radical (unpaired) electrons. The number of alkyl halides is 1. The van der Waals surface area contributed by atoms with Crippen molar-refractivity contribution in [3.05, 3.63) is 12.2 Å². The zero-order chi connectivity index (χ0) is 8.20. The van der Waals surface area contributed by atoms with Gasteiger partial charge in [0.05, 0.1) is 4.87 Å². The first kappa shape index (κ1) is 9.70. The van der Waals surface area contributed by atoms with E-state index in [1.807, 2.05) is 13.8 Å². The maximum absolute atomic E-state index is 6.02. The summed E-state index contributed by atoms with van der Waals surface area (Å²) in [5.74, 6) is 0. The quantitative estimate of drug-likeness (QED) is 0.341. The molecule has 0 aromatic rings. The Morgan fingerprint density at radius 2 is 2.30 bits per heavy atom. The van der Waals surface area contributed by atoms with Crippen molar-refractivity contribution in [2.45, 2.75) is 25.1 Å². The van der Waals surface area contributed by atoms with Crippen molar-refractivity contribution >= 4 is 17.8 Å². The third-order valence-corrected chi connectivity index (χ3v) is 1.28. The lowest BCUT2D eigenvalue weighted by Gasteiger charge is -2.15. The molecule has 0 rings (SSSR count). The smallest absolute Gasteiger partial charge is 0.0800 e. The van der Waals surface area contributed by atoms with Crippen molar-refractivity contribution in [2.24, 2.45) is 4.99 Å². The van der Waals surface area contributed by atoms with Crippen LogP contribution in [-0.4, -0.2) is 18.1 Å². The predicted molar refractivity (Wildman–Crippen MR) is 48.1 cm³/mol. The van der Waals surface area contributed by atoms with E-state index < -0.39 is 0 Å². The van der Waals surface area contributed by atoms with Gasteiger partial charge >= 0.3 is 0 Å². The second-order valence-electron chi connectivity index (χ2n) is 2.80. The van der Waals surface area contributed by atoms with E-state index in [0.717, 1.165) is 12.0 Å². The lowest BCUT2D eigenvalue weighted by molar-refractivity contribution is 0.817.